The van der Waals surface area contributed by atoms with Crippen LogP contribution in [-0.4, -0.2) is 40.1 Å². The summed E-state index contributed by atoms with van der Waals surface area (Å²) in [5.41, 5.74) is 0.0349. The Hall–Kier alpha value is -2.11. The molecule has 0 fully saturated rings. The molecule has 6 nitrogen and oxygen atoms in total. The topological polar surface area (TPSA) is 83.6 Å². The minimum atomic E-state index is -1.23. The minimum Gasteiger partial charge on any atom is -0.475 e. The lowest BCUT2D eigenvalue weighted by Gasteiger charge is -2.21. The predicted molar refractivity (Wildman–Crippen MR) is 53.1 cm³/mol. The van der Waals surface area contributed by atoms with Crippen molar-refractivity contribution >= 4 is 11.9 Å². The van der Waals surface area contributed by atoms with Crippen LogP contribution in [0.15, 0.2) is 22.7 Å². The molecule has 84 valence electrons. The zero-order valence-corrected chi connectivity index (χ0v) is 8.42. The van der Waals surface area contributed by atoms with Gasteiger partial charge in [-0.2, -0.15) is 0 Å². The van der Waals surface area contributed by atoms with Gasteiger partial charge in [0.2, 0.25) is 5.76 Å². The van der Waals surface area contributed by atoms with Crippen LogP contribution in [-0.2, 0) is 0 Å². The van der Waals surface area contributed by atoms with Crippen molar-refractivity contribution in [2.45, 2.75) is 6.42 Å². The number of aromatic nitrogens is 1. The molecule has 0 unspecified atom stereocenters. The van der Waals surface area contributed by atoms with Crippen LogP contribution in [0.1, 0.15) is 27.5 Å². The van der Waals surface area contributed by atoms with Gasteiger partial charge in [-0.05, 0) is 6.42 Å². The summed E-state index contributed by atoms with van der Waals surface area (Å²) >= 11 is 0. The summed E-state index contributed by atoms with van der Waals surface area (Å²) < 4.78 is 4.52. The third-order valence-electron chi connectivity index (χ3n) is 2.29. The van der Waals surface area contributed by atoms with Crippen LogP contribution in [0, 0.1) is 0 Å². The number of hydrogen-bond donors (Lipinski definition) is 1. The van der Waals surface area contributed by atoms with E-state index in [9.17, 15) is 9.59 Å². The molecule has 16 heavy (non-hydrogen) atoms. The van der Waals surface area contributed by atoms with E-state index in [1.54, 1.807) is 4.90 Å². The van der Waals surface area contributed by atoms with Crippen LogP contribution in [0.25, 0.3) is 0 Å². The van der Waals surface area contributed by atoms with Gasteiger partial charge in [-0.15, -0.1) is 0 Å². The highest BCUT2D eigenvalue weighted by atomic mass is 16.5. The van der Waals surface area contributed by atoms with E-state index in [4.69, 9.17) is 5.11 Å². The summed E-state index contributed by atoms with van der Waals surface area (Å²) in [7, 11) is 0. The van der Waals surface area contributed by atoms with Crippen molar-refractivity contribution in [3.8, 4) is 0 Å². The molecular weight excluding hydrogens is 212 g/mol. The Labute approximate surface area is 91.1 Å². The summed E-state index contributed by atoms with van der Waals surface area (Å²) in [6.45, 7) is 1.14. The fraction of sp³-hybridized carbons (Fsp3) is 0.300. The van der Waals surface area contributed by atoms with E-state index in [-0.39, 0.29) is 17.4 Å². The maximum Gasteiger partial charge on any atom is 0.374 e. The summed E-state index contributed by atoms with van der Waals surface area (Å²) in [5, 5.41) is 12.1. The number of carbonyl (C=O) groups excluding carboxylic acids is 1. The Morgan fingerprint density at radius 2 is 2.25 bits per heavy atom. The second kappa shape index (κ2) is 4.18. The Morgan fingerprint density at radius 1 is 1.44 bits per heavy atom. The molecule has 1 aliphatic rings. The third-order valence-corrected chi connectivity index (χ3v) is 2.29. The summed E-state index contributed by atoms with van der Waals surface area (Å²) in [4.78, 5) is 23.9. The molecule has 1 amide bonds. The third kappa shape index (κ3) is 1.95. The Morgan fingerprint density at radius 3 is 2.81 bits per heavy atom. The van der Waals surface area contributed by atoms with Gasteiger partial charge in [0.25, 0.3) is 5.91 Å². The second-order valence-electron chi connectivity index (χ2n) is 3.39. The maximum atomic E-state index is 11.8. The molecule has 0 saturated carbocycles. The number of amides is 1. The van der Waals surface area contributed by atoms with Gasteiger partial charge in [0.05, 0.1) is 0 Å². The van der Waals surface area contributed by atoms with E-state index >= 15 is 0 Å². The largest absolute Gasteiger partial charge is 0.475 e. The van der Waals surface area contributed by atoms with E-state index in [2.05, 4.69) is 9.68 Å². The van der Waals surface area contributed by atoms with Gasteiger partial charge in [-0.25, -0.2) is 4.79 Å². The highest BCUT2D eigenvalue weighted by Crippen LogP contribution is 2.10. The number of carbonyl (C=O) groups is 2. The average Bonchev–Trinajstić information content (AvgIpc) is 2.78. The SMILES string of the molecule is O=C(O)c1cc(C(=O)N2CC=CCC2)no1. The molecule has 0 bridgehead atoms. The van der Waals surface area contributed by atoms with E-state index in [0.29, 0.717) is 13.1 Å². The number of hydrogen-bond acceptors (Lipinski definition) is 4. The lowest BCUT2D eigenvalue weighted by molar-refractivity contribution is 0.0649. The van der Waals surface area contributed by atoms with Gasteiger partial charge in [0.15, 0.2) is 5.69 Å². The van der Waals surface area contributed by atoms with Crippen molar-refractivity contribution in [1.29, 1.82) is 0 Å². The molecule has 2 heterocycles. The lowest BCUT2D eigenvalue weighted by Crippen LogP contribution is -2.33. The number of carboxylic acid groups (broad SMARTS) is 1. The van der Waals surface area contributed by atoms with Crippen LogP contribution in [0.5, 0.6) is 0 Å². The molecule has 6 heteroatoms. The van der Waals surface area contributed by atoms with Crippen LogP contribution in [0.2, 0.25) is 0 Å². The number of aromatic carboxylic acids is 1. The van der Waals surface area contributed by atoms with Gasteiger partial charge in [0, 0.05) is 19.2 Å². The molecule has 0 atom stereocenters. The first kappa shape index (κ1) is 10.4. The predicted octanol–water partition coefficient (Wildman–Crippen LogP) is 0.775. The van der Waals surface area contributed by atoms with Gasteiger partial charge in [-0.3, -0.25) is 4.79 Å². The van der Waals surface area contributed by atoms with Crippen LogP contribution in [0.4, 0.5) is 0 Å². The molecule has 0 saturated heterocycles. The molecule has 0 spiro atoms. The monoisotopic (exact) mass is 222 g/mol. The number of rotatable bonds is 2. The van der Waals surface area contributed by atoms with E-state index in [1.165, 1.54) is 0 Å². The fourth-order valence-corrected chi connectivity index (χ4v) is 1.46. The standard InChI is InChI=1S/C10H10N2O4/c13-9(12-4-2-1-3-5-12)7-6-8(10(14)15)16-11-7/h1-2,6H,3-5H2,(H,14,15). The van der Waals surface area contributed by atoms with Gasteiger partial charge >= 0.3 is 5.97 Å². The summed E-state index contributed by atoms with van der Waals surface area (Å²) in [6.07, 6.45) is 4.68. The first-order valence-corrected chi connectivity index (χ1v) is 4.83. The normalized spacial score (nSPS) is 15.1. The highest BCUT2D eigenvalue weighted by molar-refractivity contribution is 5.95. The first-order chi connectivity index (χ1) is 7.68. The fourth-order valence-electron chi connectivity index (χ4n) is 1.46. The summed E-state index contributed by atoms with van der Waals surface area (Å²) in [5.74, 6) is -1.86. The zero-order valence-electron chi connectivity index (χ0n) is 8.42. The number of carboxylic acids is 1. The molecular formula is C10H10N2O4. The van der Waals surface area contributed by atoms with Crippen molar-refractivity contribution in [2.75, 3.05) is 13.1 Å². The molecule has 1 N–H and O–H groups in total. The highest BCUT2D eigenvalue weighted by Gasteiger charge is 2.21. The van der Waals surface area contributed by atoms with E-state index in [1.807, 2.05) is 12.2 Å². The molecule has 0 radical (unpaired) electrons. The average molecular weight is 222 g/mol. The lowest BCUT2D eigenvalue weighted by atomic mass is 10.2. The van der Waals surface area contributed by atoms with E-state index < -0.39 is 5.97 Å². The molecule has 0 aromatic carbocycles. The molecule has 2 rings (SSSR count). The quantitative estimate of drug-likeness (QED) is 0.747. The zero-order chi connectivity index (χ0) is 11.5. The van der Waals surface area contributed by atoms with Crippen molar-refractivity contribution in [3.63, 3.8) is 0 Å². The summed E-state index contributed by atoms with van der Waals surface area (Å²) in [6, 6.07) is 1.14. The molecule has 1 aliphatic heterocycles. The molecule has 1 aromatic rings. The first-order valence-electron chi connectivity index (χ1n) is 4.83. The van der Waals surface area contributed by atoms with Crippen molar-refractivity contribution in [1.82, 2.24) is 10.1 Å². The van der Waals surface area contributed by atoms with Crippen molar-refractivity contribution < 1.29 is 19.2 Å². The minimum absolute atomic E-state index is 0.0349. The van der Waals surface area contributed by atoms with Crippen LogP contribution < -0.4 is 0 Å². The van der Waals surface area contributed by atoms with Crippen molar-refractivity contribution in [2.24, 2.45) is 0 Å². The molecule has 0 aliphatic carbocycles. The van der Waals surface area contributed by atoms with Crippen molar-refractivity contribution in [3.05, 3.63) is 29.7 Å². The number of nitrogens with zero attached hydrogens (tertiary/aromatic N) is 2. The van der Waals surface area contributed by atoms with Gasteiger partial charge in [-0.1, -0.05) is 17.3 Å². The Kier molecular flexibility index (Phi) is 2.72. The van der Waals surface area contributed by atoms with Crippen LogP contribution in [0.3, 0.4) is 0 Å². The van der Waals surface area contributed by atoms with Gasteiger partial charge in [0.1, 0.15) is 0 Å². The van der Waals surface area contributed by atoms with E-state index in [0.717, 1.165) is 12.5 Å². The Balaban J connectivity index is 2.14. The van der Waals surface area contributed by atoms with Gasteiger partial charge < -0.3 is 14.5 Å². The second-order valence-corrected chi connectivity index (χ2v) is 3.39. The maximum absolute atomic E-state index is 11.8. The Bertz CT molecular complexity index is 449. The molecule has 1 aromatic heterocycles. The van der Waals surface area contributed by atoms with Crippen LogP contribution >= 0.6 is 0 Å². The smallest absolute Gasteiger partial charge is 0.374 e.